The Bertz CT molecular complexity index is 1330. The molecule has 0 amide bonds. The molecule has 0 fully saturated rings. The van der Waals surface area contributed by atoms with Crippen molar-refractivity contribution in [2.24, 2.45) is 5.41 Å². The van der Waals surface area contributed by atoms with E-state index in [0.29, 0.717) is 6.42 Å². The predicted molar refractivity (Wildman–Crippen MR) is 167 cm³/mol. The lowest BCUT2D eigenvalue weighted by Gasteiger charge is -2.28. The molecule has 4 aromatic carbocycles. The van der Waals surface area contributed by atoms with E-state index in [4.69, 9.17) is 0 Å². The van der Waals surface area contributed by atoms with E-state index in [9.17, 15) is 4.79 Å². The largest absolute Gasteiger partial charge is 0.303 e. The molecule has 0 saturated carbocycles. The first-order valence-electron chi connectivity index (χ1n) is 13.3. The molecule has 0 radical (unpaired) electrons. The molecule has 190 valence electrons. The van der Waals surface area contributed by atoms with Crippen LogP contribution in [0.2, 0.25) is 0 Å². The van der Waals surface area contributed by atoms with E-state index < -0.39 is 15.8 Å². The van der Waals surface area contributed by atoms with Crippen LogP contribution in [-0.2, 0) is 4.79 Å². The quantitative estimate of drug-likeness (QED) is 0.150. The van der Waals surface area contributed by atoms with Gasteiger partial charge in [0.25, 0.3) is 0 Å². The summed E-state index contributed by atoms with van der Waals surface area (Å²) in [5.74, 6) is 0. The first kappa shape index (κ1) is 26.5. The Hall–Kier alpha value is -3.11. The molecule has 1 aliphatic carbocycles. The van der Waals surface area contributed by atoms with Crippen LogP contribution in [0.3, 0.4) is 0 Å². The maximum atomic E-state index is 11.3. The fourth-order valence-corrected chi connectivity index (χ4v) is 10.7. The van der Waals surface area contributed by atoms with Gasteiger partial charge in [0.2, 0.25) is 0 Å². The topological polar surface area (TPSA) is 17.1 Å². The second-order valence-electron chi connectivity index (χ2n) is 10.3. The Morgan fingerprint density at radius 3 is 1.42 bits per heavy atom. The van der Waals surface area contributed by atoms with Gasteiger partial charge in [0.1, 0.15) is 6.29 Å². The maximum Gasteiger partial charge on any atom is 0.120 e. The van der Waals surface area contributed by atoms with Gasteiger partial charge >= 0.3 is 0 Å². The van der Waals surface area contributed by atoms with Crippen molar-refractivity contribution in [3.8, 4) is 0 Å². The normalized spacial score (nSPS) is 13.7. The molecular weight excluding hydrogens is 498 g/mol. The molecule has 0 spiro atoms. The molecule has 3 heteroatoms. The predicted octanol–water partition coefficient (Wildman–Crippen LogP) is 7.80. The highest BCUT2D eigenvalue weighted by Crippen LogP contribution is 2.61. The highest BCUT2D eigenvalue weighted by molar-refractivity contribution is 7.80. The van der Waals surface area contributed by atoms with Crippen molar-refractivity contribution >= 4 is 43.3 Å². The van der Waals surface area contributed by atoms with E-state index in [1.807, 2.05) is 0 Å². The van der Waals surface area contributed by atoms with Gasteiger partial charge < -0.3 is 4.79 Å². The number of carbonyl (C=O) groups is 1. The zero-order valence-corrected chi connectivity index (χ0v) is 23.9. The molecule has 4 aromatic rings. The van der Waals surface area contributed by atoms with Crippen LogP contribution in [0, 0.1) is 5.41 Å². The van der Waals surface area contributed by atoms with E-state index in [1.54, 1.807) is 5.31 Å². The van der Waals surface area contributed by atoms with Crippen LogP contribution in [0.1, 0.15) is 33.1 Å². The summed E-state index contributed by atoms with van der Waals surface area (Å²) in [6.45, 7) is 4.62. The zero-order chi connectivity index (χ0) is 26.4. The summed E-state index contributed by atoms with van der Waals surface area (Å²) in [6, 6.07) is 44.1. The van der Waals surface area contributed by atoms with Gasteiger partial charge in [0.05, 0.1) is 0 Å². The maximum absolute atomic E-state index is 11.3. The number of hydrogen-bond acceptors (Lipinski definition) is 1. The van der Waals surface area contributed by atoms with Crippen LogP contribution in [0.4, 0.5) is 0 Å². The van der Waals surface area contributed by atoms with E-state index in [1.165, 1.54) is 32.1 Å². The third kappa shape index (κ3) is 5.81. The Balaban J connectivity index is 1.75. The van der Waals surface area contributed by atoms with E-state index in [2.05, 4.69) is 141 Å². The Kier molecular flexibility index (Phi) is 8.48. The molecule has 0 N–H and O–H groups in total. The Labute approximate surface area is 229 Å². The summed E-state index contributed by atoms with van der Waals surface area (Å²) in [7, 11) is -1.46. The van der Waals surface area contributed by atoms with E-state index in [-0.39, 0.29) is 5.41 Å². The third-order valence-electron chi connectivity index (χ3n) is 7.29. The number of rotatable bonds is 10. The molecule has 0 heterocycles. The molecule has 0 aromatic heterocycles. The van der Waals surface area contributed by atoms with Crippen LogP contribution in [0.5, 0.6) is 0 Å². The minimum absolute atomic E-state index is 0.0450. The molecule has 1 nitrogen and oxygen atoms in total. The van der Waals surface area contributed by atoms with Crippen molar-refractivity contribution in [3.05, 3.63) is 144 Å². The van der Waals surface area contributed by atoms with Crippen LogP contribution in [0.25, 0.3) is 0 Å². The molecule has 5 rings (SSSR count). The van der Waals surface area contributed by atoms with Gasteiger partial charge in [-0.25, -0.2) is 0 Å². The summed E-state index contributed by atoms with van der Waals surface area (Å²) < 4.78 is 0. The monoisotopic (exact) mass is 532 g/mol. The first-order valence-corrected chi connectivity index (χ1v) is 15.9. The second kappa shape index (κ2) is 12.2. The smallest absolute Gasteiger partial charge is 0.120 e. The molecule has 0 unspecified atom stereocenters. The van der Waals surface area contributed by atoms with Crippen molar-refractivity contribution in [2.75, 3.05) is 0 Å². The lowest BCUT2D eigenvalue weighted by atomic mass is 9.79. The number of allylic oxidation sites excluding steroid dienone is 4. The van der Waals surface area contributed by atoms with Gasteiger partial charge in [-0.3, -0.25) is 0 Å². The molecule has 38 heavy (non-hydrogen) atoms. The standard InChI is InChI=1S/C35H34OP2/c1-35(2,24-15-25-36)28-26-33(37(29-16-7-3-8-17-29)30-18-9-4-10-19-30)34(27-28)38(31-20-11-5-12-21-31)32-22-13-6-14-23-32/h3-14,16-23,25-26H,15,24,27H2,1-2H3. The van der Waals surface area contributed by atoms with Gasteiger partial charge in [-0.1, -0.05) is 147 Å². The fraction of sp³-hybridized carbons (Fsp3) is 0.171. The average Bonchev–Trinajstić information content (AvgIpc) is 3.40. The summed E-state index contributed by atoms with van der Waals surface area (Å²) >= 11 is 0. The summed E-state index contributed by atoms with van der Waals surface area (Å²) in [4.78, 5) is 11.3. The first-order chi connectivity index (χ1) is 18.6. The van der Waals surface area contributed by atoms with Gasteiger partial charge in [-0.05, 0) is 65.9 Å². The lowest BCUT2D eigenvalue weighted by Crippen LogP contribution is -2.17. The minimum atomic E-state index is -0.741. The lowest BCUT2D eigenvalue weighted by molar-refractivity contribution is -0.108. The van der Waals surface area contributed by atoms with Crippen molar-refractivity contribution in [3.63, 3.8) is 0 Å². The second-order valence-corrected chi connectivity index (χ2v) is 14.7. The summed E-state index contributed by atoms with van der Waals surface area (Å²) in [5, 5.41) is 8.55. The summed E-state index contributed by atoms with van der Waals surface area (Å²) in [6.07, 6.45) is 6.00. The Morgan fingerprint density at radius 1 is 0.632 bits per heavy atom. The Morgan fingerprint density at radius 2 is 1.03 bits per heavy atom. The minimum Gasteiger partial charge on any atom is -0.303 e. The summed E-state index contributed by atoms with van der Waals surface area (Å²) in [5.41, 5.74) is 1.40. The molecule has 0 saturated heterocycles. The van der Waals surface area contributed by atoms with Crippen molar-refractivity contribution in [2.45, 2.75) is 33.1 Å². The highest BCUT2D eigenvalue weighted by Gasteiger charge is 2.35. The SMILES string of the molecule is CC(C)(CCC=O)C1=CC(P(c2ccccc2)c2ccccc2)=C(P(c2ccccc2)c2ccccc2)C1. The number of aldehydes is 1. The number of benzene rings is 4. The highest BCUT2D eigenvalue weighted by atomic mass is 31.1. The molecule has 0 bridgehead atoms. The van der Waals surface area contributed by atoms with E-state index >= 15 is 0 Å². The van der Waals surface area contributed by atoms with Gasteiger partial charge in [0.15, 0.2) is 0 Å². The number of hydrogen-bond donors (Lipinski definition) is 0. The third-order valence-corrected chi connectivity index (χ3v) is 12.5. The van der Waals surface area contributed by atoms with Crippen molar-refractivity contribution in [1.29, 1.82) is 0 Å². The number of carbonyl (C=O) groups excluding carboxylic acids is 1. The zero-order valence-electron chi connectivity index (χ0n) is 22.1. The van der Waals surface area contributed by atoms with Gasteiger partial charge in [-0.15, -0.1) is 0 Å². The van der Waals surface area contributed by atoms with Crippen LogP contribution < -0.4 is 21.2 Å². The van der Waals surface area contributed by atoms with Crippen molar-refractivity contribution < 1.29 is 4.79 Å². The van der Waals surface area contributed by atoms with E-state index in [0.717, 1.165) is 19.1 Å². The van der Waals surface area contributed by atoms with Crippen LogP contribution in [-0.4, -0.2) is 6.29 Å². The van der Waals surface area contributed by atoms with Crippen LogP contribution >= 0.6 is 15.8 Å². The van der Waals surface area contributed by atoms with Gasteiger partial charge in [0, 0.05) is 6.42 Å². The van der Waals surface area contributed by atoms with Crippen LogP contribution in [0.15, 0.2) is 144 Å². The fourth-order valence-electron chi connectivity index (χ4n) is 5.17. The molecule has 1 aliphatic rings. The molecular formula is C35H34OP2. The molecule has 0 atom stereocenters. The average molecular weight is 533 g/mol. The van der Waals surface area contributed by atoms with Crippen molar-refractivity contribution in [1.82, 2.24) is 0 Å². The molecule has 0 aliphatic heterocycles. The van der Waals surface area contributed by atoms with Gasteiger partial charge in [-0.2, -0.15) is 0 Å².